The molecule has 1 aromatic rings. The zero-order valence-electron chi connectivity index (χ0n) is 13.9. The first-order valence-electron chi connectivity index (χ1n) is 6.39. The van der Waals surface area contributed by atoms with E-state index in [0.29, 0.717) is 0 Å². The van der Waals surface area contributed by atoms with Gasteiger partial charge in [-0.05, 0) is 0 Å². The molecule has 0 N–H and O–H groups in total. The van der Waals surface area contributed by atoms with Crippen LogP contribution in [0.15, 0.2) is 12.1 Å². The van der Waals surface area contributed by atoms with Crippen LogP contribution in [0.3, 0.4) is 0 Å². The van der Waals surface area contributed by atoms with Crippen molar-refractivity contribution in [1.82, 2.24) is 0 Å². The summed E-state index contributed by atoms with van der Waals surface area (Å²) < 4.78 is 0. The molecule has 0 unspecified atom stereocenters. The maximum absolute atomic E-state index is 2.52. The summed E-state index contributed by atoms with van der Waals surface area (Å²) in [4.78, 5) is 0. The minimum atomic E-state index is -0.941. The first kappa shape index (κ1) is 24.3. The number of rotatable bonds is 3. The van der Waals surface area contributed by atoms with Crippen LogP contribution < -0.4 is 0 Å². The summed E-state index contributed by atoms with van der Waals surface area (Å²) in [5.74, 6) is 0. The molecule has 0 atom stereocenters. The van der Waals surface area contributed by atoms with Gasteiger partial charge in [0.05, 0.1) is 0 Å². The van der Waals surface area contributed by atoms with Crippen molar-refractivity contribution in [3.63, 3.8) is 0 Å². The molecule has 0 heterocycles. The van der Waals surface area contributed by atoms with Crippen molar-refractivity contribution in [3.8, 4) is 0 Å². The topological polar surface area (TPSA) is 0 Å². The third kappa shape index (κ3) is 6.06. The predicted octanol–water partition coefficient (Wildman–Crippen LogP) is 5.44. The van der Waals surface area contributed by atoms with Crippen LogP contribution in [0.5, 0.6) is 0 Å². The van der Waals surface area contributed by atoms with Gasteiger partial charge in [-0.2, -0.15) is 22.8 Å². The minimum Gasteiger partial charge on any atom is -0.358 e. The molecule has 2 heteroatoms. The van der Waals surface area contributed by atoms with E-state index in [4.69, 9.17) is 0 Å². The van der Waals surface area contributed by atoms with Gasteiger partial charge in [0.1, 0.15) is 0 Å². The van der Waals surface area contributed by atoms with Gasteiger partial charge in [-0.3, -0.25) is 0 Å². The fraction of sp³-hybridized carbons (Fsp3) is 0.529. The Morgan fingerprint density at radius 2 is 1.68 bits per heavy atom. The van der Waals surface area contributed by atoms with E-state index in [0.717, 1.165) is 0 Å². The summed E-state index contributed by atoms with van der Waals surface area (Å²) in [6.07, 6.45) is 5.51. The molecule has 0 spiro atoms. The fourth-order valence-corrected chi connectivity index (χ4v) is 4.20. The van der Waals surface area contributed by atoms with Gasteiger partial charge in [0, 0.05) is 8.07 Å². The normalized spacial score (nSPS) is 13.0. The van der Waals surface area contributed by atoms with Crippen molar-refractivity contribution >= 4 is 8.07 Å². The molecule has 0 amide bonds. The third-order valence-corrected chi connectivity index (χ3v) is 7.26. The maximum atomic E-state index is 2.52. The summed E-state index contributed by atoms with van der Waals surface area (Å²) >= 11 is 0. The molecule has 1 aliphatic carbocycles. The van der Waals surface area contributed by atoms with Crippen molar-refractivity contribution < 1.29 is 21.7 Å². The van der Waals surface area contributed by atoms with E-state index in [1.807, 2.05) is 0 Å². The standard InChI is InChI=1S/C14H23Si.3CH3.Ti/c1-4-15(2,3)11-13-10-9-12-7-5-6-8-14(12)13;;;;/h9-10H,4-8,11H2,1-3H3;3*1H3;/q4*-1;+4. The van der Waals surface area contributed by atoms with Gasteiger partial charge >= 0.3 is 21.7 Å². The minimum absolute atomic E-state index is 0. The molecule has 2 rings (SSSR count). The van der Waals surface area contributed by atoms with Gasteiger partial charge in [-0.1, -0.05) is 57.8 Å². The zero-order valence-corrected chi connectivity index (χ0v) is 16.5. The summed E-state index contributed by atoms with van der Waals surface area (Å²) in [5.41, 5.74) is 5.09. The van der Waals surface area contributed by atoms with Crippen molar-refractivity contribution in [3.05, 3.63) is 51.1 Å². The first-order valence-corrected chi connectivity index (χ1v) is 9.80. The SMILES string of the molecule is CC[Si](C)(C)C[c-]1ccc2c1CCCC2.[CH3-].[CH3-].[CH3-].[Ti+4]. The van der Waals surface area contributed by atoms with E-state index in [2.05, 4.69) is 32.2 Å². The summed E-state index contributed by atoms with van der Waals surface area (Å²) in [6, 6.07) is 7.62. The van der Waals surface area contributed by atoms with Crippen LogP contribution in [-0.2, 0) is 40.6 Å². The number of aryl methyl sites for hydroxylation is 1. The number of fused-ring (bicyclic) bond motifs is 1. The van der Waals surface area contributed by atoms with Crippen LogP contribution in [0.2, 0.25) is 19.1 Å². The van der Waals surface area contributed by atoms with Crippen LogP contribution in [0, 0.1) is 22.3 Å². The largest absolute Gasteiger partial charge is 4.00 e. The van der Waals surface area contributed by atoms with Crippen molar-refractivity contribution in [1.29, 1.82) is 0 Å². The van der Waals surface area contributed by atoms with Gasteiger partial charge < -0.3 is 22.3 Å². The Kier molecular flexibility index (Phi) is 12.9. The maximum Gasteiger partial charge on any atom is 4.00 e. The Morgan fingerprint density at radius 3 is 2.26 bits per heavy atom. The van der Waals surface area contributed by atoms with Crippen molar-refractivity contribution in [2.45, 2.75) is 57.8 Å². The Labute approximate surface area is 138 Å². The fourth-order valence-electron chi connectivity index (χ4n) is 2.59. The molecule has 0 aromatic heterocycles. The second-order valence-electron chi connectivity index (χ2n) is 5.76. The predicted molar refractivity (Wildman–Crippen MR) is 89.6 cm³/mol. The smallest absolute Gasteiger partial charge is 0.358 e. The van der Waals surface area contributed by atoms with Crippen molar-refractivity contribution in [2.24, 2.45) is 0 Å². The van der Waals surface area contributed by atoms with Gasteiger partial charge in [0.2, 0.25) is 0 Å². The second-order valence-corrected chi connectivity index (χ2v) is 11.2. The third-order valence-electron chi connectivity index (χ3n) is 4.01. The van der Waals surface area contributed by atoms with Crippen LogP contribution in [-0.4, -0.2) is 8.07 Å². The van der Waals surface area contributed by atoms with E-state index >= 15 is 0 Å². The van der Waals surface area contributed by atoms with Crippen LogP contribution in [0.25, 0.3) is 0 Å². The number of hydrogen-bond donors (Lipinski definition) is 0. The summed E-state index contributed by atoms with van der Waals surface area (Å²) in [6.45, 7) is 7.41. The molecule has 108 valence electrons. The van der Waals surface area contributed by atoms with Gasteiger partial charge in [-0.25, -0.2) is 6.07 Å². The van der Waals surface area contributed by atoms with E-state index < -0.39 is 8.07 Å². The van der Waals surface area contributed by atoms with E-state index in [9.17, 15) is 0 Å². The quantitative estimate of drug-likeness (QED) is 0.515. The monoisotopic (exact) mass is 312 g/mol. The average molecular weight is 312 g/mol. The molecular formula is C17H32SiTi. The molecule has 0 radical (unpaired) electrons. The molecule has 0 aliphatic heterocycles. The van der Waals surface area contributed by atoms with Gasteiger partial charge in [-0.15, -0.1) is 0 Å². The Hall–Kier alpha value is 0.281. The van der Waals surface area contributed by atoms with Crippen LogP contribution in [0.1, 0.15) is 36.5 Å². The molecular weight excluding hydrogens is 280 g/mol. The molecule has 0 fully saturated rings. The molecule has 0 nitrogen and oxygen atoms in total. The second kappa shape index (κ2) is 10.1. The zero-order chi connectivity index (χ0) is 10.9. The van der Waals surface area contributed by atoms with Gasteiger partial charge in [0.15, 0.2) is 0 Å². The van der Waals surface area contributed by atoms with E-state index in [1.165, 1.54) is 37.8 Å². The summed E-state index contributed by atoms with van der Waals surface area (Å²) in [7, 11) is -0.941. The van der Waals surface area contributed by atoms with Crippen LogP contribution in [0.4, 0.5) is 0 Å². The molecule has 1 aliphatic rings. The molecule has 19 heavy (non-hydrogen) atoms. The molecule has 0 bridgehead atoms. The van der Waals surface area contributed by atoms with Gasteiger partial charge in [0.25, 0.3) is 0 Å². The molecule has 0 saturated heterocycles. The molecule has 1 aromatic carbocycles. The van der Waals surface area contributed by atoms with Crippen LogP contribution >= 0.6 is 0 Å². The molecule has 0 saturated carbocycles. The van der Waals surface area contributed by atoms with E-state index in [-0.39, 0.29) is 44.0 Å². The summed E-state index contributed by atoms with van der Waals surface area (Å²) in [5, 5.41) is 0. The Morgan fingerprint density at radius 1 is 1.11 bits per heavy atom. The Bertz CT molecular complexity index is 339. The van der Waals surface area contributed by atoms with E-state index in [1.54, 1.807) is 16.7 Å². The van der Waals surface area contributed by atoms with Crippen molar-refractivity contribution in [2.75, 3.05) is 0 Å². The Balaban J connectivity index is -0.000000640. The first-order chi connectivity index (χ1) is 7.12. The number of hydrogen-bond acceptors (Lipinski definition) is 0. The average Bonchev–Trinajstić information content (AvgIpc) is 2.62.